The van der Waals surface area contributed by atoms with Gasteiger partial charge in [-0.15, -0.1) is 0 Å². The average Bonchev–Trinajstić information content (AvgIpc) is 2.65. The van der Waals surface area contributed by atoms with Crippen LogP contribution in [0.4, 0.5) is 0 Å². The van der Waals surface area contributed by atoms with Crippen molar-refractivity contribution in [3.8, 4) is 0 Å². The molecule has 1 fully saturated rings. The van der Waals surface area contributed by atoms with Crippen LogP contribution in [-0.2, 0) is 9.59 Å². The molecule has 0 heterocycles. The third-order valence-corrected chi connectivity index (χ3v) is 4.17. The number of aliphatic carboxylic acids is 1. The fourth-order valence-electron chi connectivity index (χ4n) is 2.88. The number of rotatable bonds is 6. The average molecular weight is 270 g/mol. The van der Waals surface area contributed by atoms with Gasteiger partial charge in [-0.2, -0.15) is 0 Å². The molecule has 0 bridgehead atoms. The van der Waals surface area contributed by atoms with Gasteiger partial charge < -0.3 is 15.7 Å². The van der Waals surface area contributed by atoms with Gasteiger partial charge in [0, 0.05) is 19.6 Å². The first-order valence-electron chi connectivity index (χ1n) is 7.27. The van der Waals surface area contributed by atoms with Crippen LogP contribution in [0.3, 0.4) is 0 Å². The van der Waals surface area contributed by atoms with E-state index < -0.39 is 11.4 Å². The molecule has 0 aliphatic heterocycles. The van der Waals surface area contributed by atoms with Gasteiger partial charge in [0.05, 0.1) is 11.8 Å². The van der Waals surface area contributed by atoms with Gasteiger partial charge in [0.1, 0.15) is 0 Å². The van der Waals surface area contributed by atoms with Crippen LogP contribution in [0.15, 0.2) is 0 Å². The standard InChI is InChI=1S/C14H26N2O3/c1-2-16(10-7-12(17)18)13(19)14(11-15)8-5-3-4-6-9-14/h2-11,15H2,1H3,(H,17,18). The second-order valence-corrected chi connectivity index (χ2v) is 5.43. The van der Waals surface area contributed by atoms with Gasteiger partial charge in [0.15, 0.2) is 0 Å². The number of amides is 1. The molecule has 0 aromatic carbocycles. The van der Waals surface area contributed by atoms with Crippen LogP contribution < -0.4 is 5.73 Å². The molecule has 1 aliphatic rings. The van der Waals surface area contributed by atoms with E-state index in [1.165, 1.54) is 0 Å². The summed E-state index contributed by atoms with van der Waals surface area (Å²) in [6.45, 7) is 3.09. The number of carboxylic acid groups (broad SMARTS) is 1. The van der Waals surface area contributed by atoms with E-state index >= 15 is 0 Å². The molecule has 1 rings (SSSR count). The molecule has 5 nitrogen and oxygen atoms in total. The molecule has 1 amide bonds. The van der Waals surface area contributed by atoms with Crippen LogP contribution in [0.25, 0.3) is 0 Å². The highest BCUT2D eigenvalue weighted by molar-refractivity contribution is 5.83. The summed E-state index contributed by atoms with van der Waals surface area (Å²) in [5.41, 5.74) is 5.44. The second kappa shape index (κ2) is 7.48. The second-order valence-electron chi connectivity index (χ2n) is 5.43. The predicted octanol–water partition coefficient (Wildman–Crippen LogP) is 1.61. The first-order valence-corrected chi connectivity index (χ1v) is 7.27. The molecule has 3 N–H and O–H groups in total. The Morgan fingerprint density at radius 2 is 1.79 bits per heavy atom. The molecular weight excluding hydrogens is 244 g/mol. The maximum absolute atomic E-state index is 12.7. The van der Waals surface area contributed by atoms with Crippen molar-refractivity contribution in [2.45, 2.75) is 51.9 Å². The number of hydrogen-bond acceptors (Lipinski definition) is 3. The largest absolute Gasteiger partial charge is 0.481 e. The Bertz CT molecular complexity index is 310. The van der Waals surface area contributed by atoms with Gasteiger partial charge in [-0.25, -0.2) is 0 Å². The lowest BCUT2D eigenvalue weighted by Gasteiger charge is -2.35. The number of nitrogens with two attached hydrogens (primary N) is 1. The lowest BCUT2D eigenvalue weighted by atomic mass is 9.79. The van der Waals surface area contributed by atoms with E-state index in [0.29, 0.717) is 13.1 Å². The lowest BCUT2D eigenvalue weighted by Crippen LogP contribution is -2.48. The molecular formula is C14H26N2O3. The van der Waals surface area contributed by atoms with E-state index in [2.05, 4.69) is 0 Å². The lowest BCUT2D eigenvalue weighted by molar-refractivity contribution is -0.144. The van der Waals surface area contributed by atoms with Gasteiger partial charge in [-0.05, 0) is 19.8 Å². The summed E-state index contributed by atoms with van der Waals surface area (Å²) in [5.74, 6) is -0.811. The molecule has 110 valence electrons. The molecule has 0 unspecified atom stereocenters. The first-order chi connectivity index (χ1) is 9.05. The fourth-order valence-corrected chi connectivity index (χ4v) is 2.88. The number of carboxylic acids is 1. The van der Waals surface area contributed by atoms with Gasteiger partial charge in [0.2, 0.25) is 5.91 Å². The minimum Gasteiger partial charge on any atom is -0.481 e. The number of nitrogens with zero attached hydrogens (tertiary/aromatic N) is 1. The fraction of sp³-hybridized carbons (Fsp3) is 0.857. The predicted molar refractivity (Wildman–Crippen MR) is 73.7 cm³/mol. The van der Waals surface area contributed by atoms with E-state index in [9.17, 15) is 9.59 Å². The summed E-state index contributed by atoms with van der Waals surface area (Å²) in [5, 5.41) is 8.75. The van der Waals surface area contributed by atoms with Gasteiger partial charge in [-0.1, -0.05) is 25.7 Å². The Hall–Kier alpha value is -1.10. The number of carbonyl (C=O) groups is 2. The summed E-state index contributed by atoms with van der Waals surface area (Å²) in [4.78, 5) is 25.0. The van der Waals surface area contributed by atoms with Gasteiger partial charge in [0.25, 0.3) is 0 Å². The molecule has 0 saturated heterocycles. The smallest absolute Gasteiger partial charge is 0.305 e. The molecule has 0 atom stereocenters. The van der Waals surface area contributed by atoms with Crippen LogP contribution >= 0.6 is 0 Å². The van der Waals surface area contributed by atoms with Crippen LogP contribution in [-0.4, -0.2) is 41.5 Å². The van der Waals surface area contributed by atoms with Crippen LogP contribution in [0, 0.1) is 5.41 Å². The van der Waals surface area contributed by atoms with E-state index in [-0.39, 0.29) is 18.9 Å². The first kappa shape index (κ1) is 16.0. The Labute approximate surface area is 115 Å². The summed E-state index contributed by atoms with van der Waals surface area (Å²) in [7, 11) is 0. The topological polar surface area (TPSA) is 83.6 Å². The van der Waals surface area contributed by atoms with Crippen LogP contribution in [0.5, 0.6) is 0 Å². The minimum atomic E-state index is -0.867. The van der Waals surface area contributed by atoms with Gasteiger partial charge >= 0.3 is 5.97 Å². The SMILES string of the molecule is CCN(CCC(=O)O)C(=O)C1(CN)CCCCCC1. The normalized spacial score (nSPS) is 18.6. The summed E-state index contributed by atoms with van der Waals surface area (Å²) < 4.78 is 0. The molecule has 1 saturated carbocycles. The van der Waals surface area contributed by atoms with Crippen LogP contribution in [0.2, 0.25) is 0 Å². The minimum absolute atomic E-state index is 0.000230. The molecule has 0 spiro atoms. The zero-order valence-electron chi connectivity index (χ0n) is 11.9. The summed E-state index contributed by atoms with van der Waals surface area (Å²) in [6.07, 6.45) is 6.09. The molecule has 0 aromatic heterocycles. The summed E-state index contributed by atoms with van der Waals surface area (Å²) >= 11 is 0. The summed E-state index contributed by atoms with van der Waals surface area (Å²) in [6, 6.07) is 0. The Morgan fingerprint density at radius 1 is 1.21 bits per heavy atom. The third-order valence-electron chi connectivity index (χ3n) is 4.17. The Kier molecular flexibility index (Phi) is 6.28. The van der Waals surface area contributed by atoms with Gasteiger partial charge in [-0.3, -0.25) is 9.59 Å². The van der Waals surface area contributed by atoms with Crippen molar-refractivity contribution in [3.63, 3.8) is 0 Å². The van der Waals surface area contributed by atoms with Crippen molar-refractivity contribution in [3.05, 3.63) is 0 Å². The molecule has 1 aliphatic carbocycles. The van der Waals surface area contributed by atoms with Crippen molar-refractivity contribution in [1.29, 1.82) is 0 Å². The van der Waals surface area contributed by atoms with Crippen LogP contribution in [0.1, 0.15) is 51.9 Å². The van der Waals surface area contributed by atoms with Crippen molar-refractivity contribution in [1.82, 2.24) is 4.90 Å². The maximum Gasteiger partial charge on any atom is 0.305 e. The van der Waals surface area contributed by atoms with E-state index in [1.807, 2.05) is 6.92 Å². The van der Waals surface area contributed by atoms with Crippen molar-refractivity contribution >= 4 is 11.9 Å². The molecule has 5 heteroatoms. The molecule has 0 aromatic rings. The Balaban J connectivity index is 2.76. The highest BCUT2D eigenvalue weighted by Gasteiger charge is 2.39. The Morgan fingerprint density at radius 3 is 2.21 bits per heavy atom. The van der Waals surface area contributed by atoms with E-state index in [0.717, 1.165) is 38.5 Å². The molecule has 19 heavy (non-hydrogen) atoms. The van der Waals surface area contributed by atoms with Crippen molar-refractivity contribution in [2.24, 2.45) is 11.1 Å². The zero-order valence-corrected chi connectivity index (χ0v) is 11.9. The van der Waals surface area contributed by atoms with Crippen molar-refractivity contribution in [2.75, 3.05) is 19.6 Å². The quantitative estimate of drug-likeness (QED) is 0.718. The van der Waals surface area contributed by atoms with Crippen molar-refractivity contribution < 1.29 is 14.7 Å². The number of carbonyl (C=O) groups excluding carboxylic acids is 1. The molecule has 0 radical (unpaired) electrons. The third kappa shape index (κ3) is 4.20. The number of hydrogen-bond donors (Lipinski definition) is 2. The van der Waals surface area contributed by atoms with E-state index in [4.69, 9.17) is 10.8 Å². The highest BCUT2D eigenvalue weighted by Crippen LogP contribution is 2.36. The maximum atomic E-state index is 12.7. The monoisotopic (exact) mass is 270 g/mol. The highest BCUT2D eigenvalue weighted by atomic mass is 16.4. The zero-order chi connectivity index (χ0) is 14.3. The van der Waals surface area contributed by atoms with E-state index in [1.54, 1.807) is 4.90 Å².